The van der Waals surface area contributed by atoms with E-state index in [-0.39, 0.29) is 10.9 Å². The summed E-state index contributed by atoms with van der Waals surface area (Å²) in [5.74, 6) is -0.0734. The number of sulfone groups is 1. The summed E-state index contributed by atoms with van der Waals surface area (Å²) >= 11 is 0. The number of pyridine rings is 1. The van der Waals surface area contributed by atoms with Crippen molar-refractivity contribution < 1.29 is 13.2 Å². The zero-order chi connectivity index (χ0) is 15.5. The molecule has 2 rings (SSSR count). The van der Waals surface area contributed by atoms with E-state index in [0.29, 0.717) is 5.69 Å². The molecule has 0 saturated carbocycles. The summed E-state index contributed by atoms with van der Waals surface area (Å²) in [4.78, 5) is 16.4. The molecular weight excluding hydrogens is 290 g/mol. The predicted octanol–water partition coefficient (Wildman–Crippen LogP) is 1.35. The highest BCUT2D eigenvalue weighted by Crippen LogP contribution is 2.26. The van der Waals surface area contributed by atoms with Crippen LogP contribution in [0.1, 0.15) is 32.6 Å². The fourth-order valence-electron chi connectivity index (χ4n) is 2.68. The van der Waals surface area contributed by atoms with Crippen molar-refractivity contribution in [3.05, 3.63) is 18.3 Å². The Bertz CT molecular complexity index is 605. The van der Waals surface area contributed by atoms with E-state index in [1.165, 1.54) is 12.3 Å². The quantitative estimate of drug-likeness (QED) is 0.857. The molecule has 1 atom stereocenters. The normalized spacial score (nSPS) is 22.2. The number of anilines is 1. The van der Waals surface area contributed by atoms with Crippen LogP contribution in [-0.4, -0.2) is 37.6 Å². The van der Waals surface area contributed by atoms with E-state index < -0.39 is 15.4 Å². The zero-order valence-corrected chi connectivity index (χ0v) is 13.2. The smallest absolute Gasteiger partial charge is 0.244 e. The minimum Gasteiger partial charge on any atom is -0.323 e. The minimum absolute atomic E-state index is 0.00256. The lowest BCUT2D eigenvalue weighted by molar-refractivity contribution is -0.122. The third-order valence-corrected chi connectivity index (χ3v) is 4.73. The fourth-order valence-corrected chi connectivity index (χ4v) is 3.24. The van der Waals surface area contributed by atoms with Crippen LogP contribution in [0.25, 0.3) is 0 Å². The summed E-state index contributed by atoms with van der Waals surface area (Å²) in [5.41, 5.74) is 0.00105. The fraction of sp³-hybridized carbons (Fsp3) is 0.571. The lowest BCUT2D eigenvalue weighted by atomic mass is 9.91. The van der Waals surface area contributed by atoms with Gasteiger partial charge in [0.25, 0.3) is 0 Å². The molecule has 1 aliphatic rings. The van der Waals surface area contributed by atoms with Crippen molar-refractivity contribution in [1.82, 2.24) is 10.3 Å². The highest BCUT2D eigenvalue weighted by molar-refractivity contribution is 7.90. The monoisotopic (exact) mass is 311 g/mol. The number of aromatic nitrogens is 1. The van der Waals surface area contributed by atoms with E-state index in [0.717, 1.165) is 38.5 Å². The topological polar surface area (TPSA) is 88.2 Å². The van der Waals surface area contributed by atoms with Gasteiger partial charge in [-0.15, -0.1) is 0 Å². The maximum Gasteiger partial charge on any atom is 0.244 e. The molecule has 21 heavy (non-hydrogen) atoms. The van der Waals surface area contributed by atoms with Gasteiger partial charge < -0.3 is 10.6 Å². The average Bonchev–Trinajstić information content (AvgIpc) is 2.89. The highest BCUT2D eigenvalue weighted by atomic mass is 32.2. The number of amides is 1. The van der Waals surface area contributed by atoms with Gasteiger partial charge in [-0.05, 0) is 37.9 Å². The summed E-state index contributed by atoms with van der Waals surface area (Å²) < 4.78 is 22.7. The van der Waals surface area contributed by atoms with Crippen molar-refractivity contribution in [3.8, 4) is 0 Å². The van der Waals surface area contributed by atoms with Crippen LogP contribution in [0.3, 0.4) is 0 Å². The van der Waals surface area contributed by atoms with Gasteiger partial charge in [-0.3, -0.25) is 4.79 Å². The molecule has 1 aliphatic heterocycles. The standard InChI is InChI=1S/C14H21N3O3S/c1-3-7-14(8-4-9-16-14)13(18)17-11-5-6-12(15-10-11)21(2,19)20/h5-6,10,16H,3-4,7-9H2,1-2H3,(H,17,18). The van der Waals surface area contributed by atoms with Gasteiger partial charge in [0.05, 0.1) is 17.4 Å². The highest BCUT2D eigenvalue weighted by Gasteiger charge is 2.39. The molecule has 1 aromatic heterocycles. The number of hydrogen-bond donors (Lipinski definition) is 2. The van der Waals surface area contributed by atoms with E-state index in [4.69, 9.17) is 0 Å². The van der Waals surface area contributed by atoms with Crippen LogP contribution in [0.2, 0.25) is 0 Å². The molecule has 0 bridgehead atoms. The predicted molar refractivity (Wildman–Crippen MR) is 80.9 cm³/mol. The molecule has 0 spiro atoms. The molecule has 0 radical (unpaired) electrons. The van der Waals surface area contributed by atoms with E-state index in [1.807, 2.05) is 0 Å². The van der Waals surface area contributed by atoms with Crippen molar-refractivity contribution in [1.29, 1.82) is 0 Å². The first-order valence-corrected chi connectivity index (χ1v) is 8.99. The number of nitrogens with one attached hydrogen (secondary N) is 2. The third kappa shape index (κ3) is 3.59. The minimum atomic E-state index is -3.32. The van der Waals surface area contributed by atoms with Gasteiger partial charge in [0, 0.05) is 6.26 Å². The number of carbonyl (C=O) groups excluding carboxylic acids is 1. The van der Waals surface area contributed by atoms with Crippen LogP contribution in [0, 0.1) is 0 Å². The number of hydrogen-bond acceptors (Lipinski definition) is 5. The molecule has 0 aromatic carbocycles. The van der Waals surface area contributed by atoms with E-state index in [2.05, 4.69) is 22.5 Å². The van der Waals surface area contributed by atoms with Crippen LogP contribution < -0.4 is 10.6 Å². The summed E-state index contributed by atoms with van der Waals surface area (Å²) in [7, 11) is -3.32. The van der Waals surface area contributed by atoms with Crippen LogP contribution in [0.4, 0.5) is 5.69 Å². The first-order chi connectivity index (χ1) is 9.87. The van der Waals surface area contributed by atoms with Gasteiger partial charge >= 0.3 is 0 Å². The molecule has 1 unspecified atom stereocenters. The van der Waals surface area contributed by atoms with Crippen molar-refractivity contribution in [2.45, 2.75) is 43.2 Å². The van der Waals surface area contributed by atoms with Gasteiger partial charge in [-0.2, -0.15) is 0 Å². The van der Waals surface area contributed by atoms with Crippen molar-refractivity contribution in [3.63, 3.8) is 0 Å². The molecule has 6 nitrogen and oxygen atoms in total. The molecule has 2 heterocycles. The first kappa shape index (κ1) is 15.9. The summed E-state index contributed by atoms with van der Waals surface area (Å²) in [6.45, 7) is 2.90. The lowest BCUT2D eigenvalue weighted by Crippen LogP contribution is -2.50. The Morgan fingerprint density at radius 3 is 2.71 bits per heavy atom. The van der Waals surface area contributed by atoms with E-state index in [9.17, 15) is 13.2 Å². The van der Waals surface area contributed by atoms with Crippen LogP contribution in [0.15, 0.2) is 23.4 Å². The Kier molecular flexibility index (Phi) is 4.63. The molecule has 7 heteroatoms. The van der Waals surface area contributed by atoms with Gasteiger partial charge in [0.2, 0.25) is 5.91 Å². The Morgan fingerprint density at radius 2 is 2.24 bits per heavy atom. The zero-order valence-electron chi connectivity index (χ0n) is 12.3. The van der Waals surface area contributed by atoms with Gasteiger partial charge in [0.1, 0.15) is 0 Å². The molecule has 1 fully saturated rings. The van der Waals surface area contributed by atoms with Crippen LogP contribution >= 0.6 is 0 Å². The summed E-state index contributed by atoms with van der Waals surface area (Å²) in [6.07, 6.45) is 5.99. The SMILES string of the molecule is CCCC1(C(=O)Nc2ccc(S(C)(=O)=O)nc2)CCCN1. The Labute approximate surface area is 125 Å². The molecular formula is C14H21N3O3S. The largest absolute Gasteiger partial charge is 0.323 e. The average molecular weight is 311 g/mol. The number of rotatable bonds is 5. The maximum atomic E-state index is 12.5. The number of nitrogens with zero attached hydrogens (tertiary/aromatic N) is 1. The van der Waals surface area contributed by atoms with E-state index >= 15 is 0 Å². The molecule has 1 aromatic rings. The second-order valence-corrected chi connectivity index (χ2v) is 7.44. The second kappa shape index (κ2) is 6.11. The Balaban J connectivity index is 2.12. The van der Waals surface area contributed by atoms with Gasteiger partial charge in [-0.1, -0.05) is 13.3 Å². The second-order valence-electron chi connectivity index (χ2n) is 5.47. The van der Waals surface area contributed by atoms with Gasteiger partial charge in [-0.25, -0.2) is 13.4 Å². The molecule has 1 amide bonds. The maximum absolute atomic E-state index is 12.5. The van der Waals surface area contributed by atoms with Crippen LogP contribution in [-0.2, 0) is 14.6 Å². The summed E-state index contributed by atoms with van der Waals surface area (Å²) in [6, 6.07) is 2.97. The lowest BCUT2D eigenvalue weighted by Gasteiger charge is -2.27. The number of carbonyl (C=O) groups is 1. The molecule has 116 valence electrons. The van der Waals surface area contributed by atoms with Crippen LogP contribution in [0.5, 0.6) is 0 Å². The Hall–Kier alpha value is -1.47. The third-order valence-electron chi connectivity index (χ3n) is 3.73. The van der Waals surface area contributed by atoms with Crippen molar-refractivity contribution in [2.75, 3.05) is 18.1 Å². The molecule has 1 saturated heterocycles. The van der Waals surface area contributed by atoms with E-state index in [1.54, 1.807) is 6.07 Å². The molecule has 0 aliphatic carbocycles. The first-order valence-electron chi connectivity index (χ1n) is 7.10. The van der Waals surface area contributed by atoms with Gasteiger partial charge in [0.15, 0.2) is 14.9 Å². The molecule has 2 N–H and O–H groups in total. The van der Waals surface area contributed by atoms with Crippen molar-refractivity contribution >= 4 is 21.4 Å². The Morgan fingerprint density at radius 1 is 1.48 bits per heavy atom. The van der Waals surface area contributed by atoms with Crippen molar-refractivity contribution in [2.24, 2.45) is 0 Å². The summed E-state index contributed by atoms with van der Waals surface area (Å²) in [5, 5.41) is 6.13.